The molecule has 6 heteroatoms. The van der Waals surface area contributed by atoms with E-state index in [-0.39, 0.29) is 6.54 Å². The predicted molar refractivity (Wildman–Crippen MR) is 59.7 cm³/mol. The molecular formula is C10H17BrF3NO. The molecule has 0 amide bonds. The van der Waals surface area contributed by atoms with Crippen LogP contribution in [0.1, 0.15) is 26.2 Å². The number of hydrogen-bond acceptors (Lipinski definition) is 2. The third-order valence-electron chi connectivity index (χ3n) is 2.93. The van der Waals surface area contributed by atoms with Crippen LogP contribution in [0.15, 0.2) is 0 Å². The lowest BCUT2D eigenvalue weighted by Crippen LogP contribution is -2.38. The van der Waals surface area contributed by atoms with Crippen molar-refractivity contribution in [2.45, 2.75) is 42.8 Å². The van der Waals surface area contributed by atoms with E-state index < -0.39 is 16.6 Å². The van der Waals surface area contributed by atoms with Gasteiger partial charge in [0.2, 0.25) is 0 Å². The van der Waals surface area contributed by atoms with Gasteiger partial charge in [0.05, 0.1) is 5.60 Å². The fourth-order valence-electron chi connectivity index (χ4n) is 1.83. The summed E-state index contributed by atoms with van der Waals surface area (Å²) < 4.78 is 37.0. The quantitative estimate of drug-likeness (QED) is 0.793. The first-order chi connectivity index (χ1) is 7.21. The van der Waals surface area contributed by atoms with E-state index >= 15 is 0 Å². The number of likely N-dealkylation sites (tertiary alicyclic amines) is 1. The van der Waals surface area contributed by atoms with Gasteiger partial charge in [-0.25, -0.2) is 0 Å². The summed E-state index contributed by atoms with van der Waals surface area (Å²) in [5.41, 5.74) is -0.727. The molecule has 1 aliphatic heterocycles. The zero-order valence-electron chi connectivity index (χ0n) is 9.23. The molecule has 0 aromatic heterocycles. The third kappa shape index (κ3) is 4.59. The highest BCUT2D eigenvalue weighted by Gasteiger charge is 2.39. The molecule has 1 fully saturated rings. The zero-order valence-corrected chi connectivity index (χ0v) is 10.8. The maximum Gasteiger partial charge on any atom is 0.402 e. The maximum atomic E-state index is 12.3. The molecule has 0 spiro atoms. The monoisotopic (exact) mass is 303 g/mol. The minimum absolute atomic E-state index is 0.0421. The Morgan fingerprint density at radius 2 is 2.00 bits per heavy atom. The second-order valence-electron chi connectivity index (χ2n) is 4.66. The molecular weight excluding hydrogens is 287 g/mol. The fraction of sp³-hybridized carbons (Fsp3) is 1.00. The van der Waals surface area contributed by atoms with Crippen molar-refractivity contribution in [2.24, 2.45) is 0 Å². The number of alkyl halides is 4. The van der Waals surface area contributed by atoms with Gasteiger partial charge in [-0.15, -0.1) is 0 Å². The summed E-state index contributed by atoms with van der Waals surface area (Å²) >= 11 is 2.66. The van der Waals surface area contributed by atoms with Gasteiger partial charge in [-0.05, 0) is 32.7 Å². The Hall–Kier alpha value is 0.190. The molecule has 0 saturated carbocycles. The zero-order chi connectivity index (χ0) is 12.4. The Kier molecular flexibility index (Phi) is 4.66. The highest BCUT2D eigenvalue weighted by atomic mass is 79.9. The summed E-state index contributed by atoms with van der Waals surface area (Å²) in [6.07, 6.45) is -2.27. The van der Waals surface area contributed by atoms with Crippen molar-refractivity contribution in [3.63, 3.8) is 0 Å². The van der Waals surface area contributed by atoms with Crippen LogP contribution in [-0.2, 0) is 0 Å². The van der Waals surface area contributed by atoms with E-state index in [2.05, 4.69) is 15.9 Å². The van der Waals surface area contributed by atoms with Crippen LogP contribution in [0.5, 0.6) is 0 Å². The van der Waals surface area contributed by atoms with E-state index in [1.54, 1.807) is 11.8 Å². The molecule has 1 heterocycles. The summed E-state index contributed by atoms with van der Waals surface area (Å²) in [7, 11) is 0. The Labute approximate surface area is 102 Å². The third-order valence-corrected chi connectivity index (χ3v) is 3.74. The summed E-state index contributed by atoms with van der Waals surface area (Å²) in [6, 6.07) is 0. The Bertz CT molecular complexity index is 233. The normalized spacial score (nSPS) is 31.1. The molecule has 96 valence electrons. The van der Waals surface area contributed by atoms with Gasteiger partial charge < -0.3 is 10.0 Å². The largest absolute Gasteiger partial charge is 0.402 e. The lowest BCUT2D eigenvalue weighted by Gasteiger charge is -2.25. The van der Waals surface area contributed by atoms with E-state index in [4.69, 9.17) is 0 Å². The molecule has 0 bridgehead atoms. The van der Waals surface area contributed by atoms with Gasteiger partial charge in [0.25, 0.3) is 0 Å². The number of hydrogen-bond donors (Lipinski definition) is 1. The summed E-state index contributed by atoms with van der Waals surface area (Å²) in [5.74, 6) is 0. The van der Waals surface area contributed by atoms with Crippen LogP contribution in [0.2, 0.25) is 0 Å². The van der Waals surface area contributed by atoms with Crippen LogP contribution in [0.25, 0.3) is 0 Å². The minimum atomic E-state index is -4.20. The number of nitrogens with zero attached hydrogens (tertiary/aromatic N) is 1. The van der Waals surface area contributed by atoms with E-state index in [0.717, 1.165) is 6.42 Å². The number of aliphatic hydroxyl groups is 1. The van der Waals surface area contributed by atoms with E-state index in [0.29, 0.717) is 25.9 Å². The van der Waals surface area contributed by atoms with Gasteiger partial charge in [-0.1, -0.05) is 15.9 Å². The predicted octanol–water partition coefficient (Wildman–Crippen LogP) is 2.55. The van der Waals surface area contributed by atoms with Crippen LogP contribution in [0.3, 0.4) is 0 Å². The number of rotatable bonds is 2. The SMILES string of the molecule is CC1(O)CCCN(CC(Br)C(F)(F)F)CC1. The van der Waals surface area contributed by atoms with Gasteiger partial charge in [-0.2, -0.15) is 13.2 Å². The summed E-state index contributed by atoms with van der Waals surface area (Å²) in [4.78, 5) is 0.275. The average Bonchev–Trinajstić information content (AvgIpc) is 2.26. The molecule has 2 atom stereocenters. The molecule has 16 heavy (non-hydrogen) atoms. The molecule has 1 saturated heterocycles. The first-order valence-electron chi connectivity index (χ1n) is 5.36. The van der Waals surface area contributed by atoms with Crippen molar-refractivity contribution in [3.8, 4) is 0 Å². The van der Waals surface area contributed by atoms with Crippen molar-refractivity contribution in [3.05, 3.63) is 0 Å². The van der Waals surface area contributed by atoms with E-state index in [9.17, 15) is 18.3 Å². The Balaban J connectivity index is 2.44. The topological polar surface area (TPSA) is 23.5 Å². The molecule has 2 unspecified atom stereocenters. The molecule has 1 N–H and O–H groups in total. The van der Waals surface area contributed by atoms with Crippen molar-refractivity contribution in [1.82, 2.24) is 4.90 Å². The van der Waals surface area contributed by atoms with Crippen LogP contribution < -0.4 is 0 Å². The van der Waals surface area contributed by atoms with Gasteiger partial charge in [-0.3, -0.25) is 0 Å². The van der Waals surface area contributed by atoms with Crippen molar-refractivity contribution in [1.29, 1.82) is 0 Å². The van der Waals surface area contributed by atoms with Crippen molar-refractivity contribution in [2.75, 3.05) is 19.6 Å². The first-order valence-corrected chi connectivity index (χ1v) is 6.28. The standard InChI is InChI=1S/C10H17BrF3NO/c1-9(16)3-2-5-15(6-4-9)7-8(11)10(12,13)14/h8,16H,2-7H2,1H3. The van der Waals surface area contributed by atoms with Crippen LogP contribution in [-0.4, -0.2) is 46.2 Å². The second-order valence-corrected chi connectivity index (χ2v) is 5.77. The average molecular weight is 304 g/mol. The van der Waals surface area contributed by atoms with E-state index in [1.807, 2.05) is 0 Å². The van der Waals surface area contributed by atoms with Crippen molar-refractivity contribution < 1.29 is 18.3 Å². The van der Waals surface area contributed by atoms with Crippen LogP contribution in [0.4, 0.5) is 13.2 Å². The molecule has 1 aliphatic rings. The van der Waals surface area contributed by atoms with Gasteiger partial charge in [0, 0.05) is 13.1 Å². The first kappa shape index (κ1) is 14.3. The van der Waals surface area contributed by atoms with E-state index in [1.165, 1.54) is 0 Å². The lowest BCUT2D eigenvalue weighted by atomic mass is 9.98. The summed E-state index contributed by atoms with van der Waals surface area (Å²) in [5, 5.41) is 9.81. The Morgan fingerprint density at radius 3 is 2.56 bits per heavy atom. The van der Waals surface area contributed by atoms with Crippen LogP contribution in [0, 0.1) is 0 Å². The van der Waals surface area contributed by atoms with Gasteiger partial charge in [0.1, 0.15) is 4.83 Å². The summed E-state index contributed by atoms with van der Waals surface area (Å²) in [6.45, 7) is 2.84. The Morgan fingerprint density at radius 1 is 1.38 bits per heavy atom. The van der Waals surface area contributed by atoms with Gasteiger partial charge >= 0.3 is 6.18 Å². The lowest BCUT2D eigenvalue weighted by molar-refractivity contribution is -0.130. The highest BCUT2D eigenvalue weighted by Crippen LogP contribution is 2.28. The second kappa shape index (κ2) is 5.23. The molecule has 1 rings (SSSR count). The molecule has 0 aliphatic carbocycles. The minimum Gasteiger partial charge on any atom is -0.390 e. The van der Waals surface area contributed by atoms with Gasteiger partial charge in [0.15, 0.2) is 0 Å². The maximum absolute atomic E-state index is 12.3. The molecule has 2 nitrogen and oxygen atoms in total. The number of halogens is 4. The fourth-order valence-corrected chi connectivity index (χ4v) is 2.24. The van der Waals surface area contributed by atoms with Crippen LogP contribution >= 0.6 is 15.9 Å². The molecule has 0 radical (unpaired) electrons. The van der Waals surface area contributed by atoms with Crippen molar-refractivity contribution >= 4 is 15.9 Å². The molecule has 0 aromatic carbocycles. The molecule has 0 aromatic rings. The smallest absolute Gasteiger partial charge is 0.390 e. The highest BCUT2D eigenvalue weighted by molar-refractivity contribution is 9.09.